The van der Waals surface area contributed by atoms with Crippen molar-refractivity contribution in [1.82, 2.24) is 10.2 Å². The Balaban J connectivity index is 2.21. The molecule has 26 heavy (non-hydrogen) atoms. The number of rotatable bonds is 7. The van der Waals surface area contributed by atoms with E-state index in [1.165, 1.54) is 0 Å². The number of halogens is 1. The highest BCUT2D eigenvalue weighted by atomic mass is 35.5. The second-order valence-corrected chi connectivity index (χ2v) is 6.82. The molecule has 2 amide bonds. The van der Waals surface area contributed by atoms with Crippen LogP contribution >= 0.6 is 11.6 Å². The van der Waals surface area contributed by atoms with Crippen LogP contribution < -0.4 is 5.32 Å². The summed E-state index contributed by atoms with van der Waals surface area (Å²) in [6.07, 6.45) is 0.255. The van der Waals surface area contributed by atoms with E-state index in [0.29, 0.717) is 18.1 Å². The van der Waals surface area contributed by atoms with Gasteiger partial charge in [-0.2, -0.15) is 0 Å². The molecule has 0 aromatic heterocycles. The van der Waals surface area contributed by atoms with Gasteiger partial charge in [0.2, 0.25) is 11.8 Å². The van der Waals surface area contributed by atoms with E-state index < -0.39 is 6.04 Å². The molecule has 4 nitrogen and oxygen atoms in total. The first-order chi connectivity index (χ1) is 12.4. The van der Waals surface area contributed by atoms with Crippen LogP contribution in [0.5, 0.6) is 0 Å². The van der Waals surface area contributed by atoms with Gasteiger partial charge in [-0.1, -0.05) is 53.6 Å². The molecule has 0 saturated heterocycles. The van der Waals surface area contributed by atoms with Crippen molar-refractivity contribution in [2.24, 2.45) is 0 Å². The molecule has 0 saturated carbocycles. The van der Waals surface area contributed by atoms with Gasteiger partial charge in [-0.05, 0) is 44.0 Å². The fraction of sp³-hybridized carbons (Fsp3) is 0.333. The summed E-state index contributed by atoms with van der Waals surface area (Å²) in [4.78, 5) is 26.9. The molecule has 2 aromatic carbocycles. The zero-order chi connectivity index (χ0) is 19.1. The van der Waals surface area contributed by atoms with E-state index in [-0.39, 0.29) is 18.2 Å². The third-order valence-electron chi connectivity index (χ3n) is 4.24. The van der Waals surface area contributed by atoms with E-state index in [4.69, 9.17) is 11.6 Å². The van der Waals surface area contributed by atoms with Gasteiger partial charge in [0, 0.05) is 18.1 Å². The summed E-state index contributed by atoms with van der Waals surface area (Å²) in [6.45, 7) is 6.49. The summed E-state index contributed by atoms with van der Waals surface area (Å²) in [5.74, 6) is -0.251. The molecule has 0 bridgehead atoms. The Hall–Kier alpha value is -2.33. The minimum absolute atomic E-state index is 0.0902. The fourth-order valence-corrected chi connectivity index (χ4v) is 2.93. The van der Waals surface area contributed by atoms with Crippen LogP contribution in [-0.2, 0) is 22.6 Å². The van der Waals surface area contributed by atoms with Crippen LogP contribution in [0.3, 0.4) is 0 Å². The van der Waals surface area contributed by atoms with Crippen molar-refractivity contribution >= 4 is 23.4 Å². The van der Waals surface area contributed by atoms with E-state index in [1.54, 1.807) is 17.9 Å². The standard InChI is InChI=1S/C21H25ClN2O2/c1-4-23-21(26)16(3)24(14-18-6-5-7-19(22)12-18)20(25)13-17-10-8-15(2)9-11-17/h5-12,16H,4,13-14H2,1-3H3,(H,23,26)/t16-/m0/s1. The number of carbonyl (C=O) groups is 2. The number of hydrogen-bond acceptors (Lipinski definition) is 2. The van der Waals surface area contributed by atoms with Crippen molar-refractivity contribution in [3.05, 3.63) is 70.2 Å². The maximum Gasteiger partial charge on any atom is 0.242 e. The molecule has 0 aliphatic rings. The maximum atomic E-state index is 12.9. The van der Waals surface area contributed by atoms with Crippen LogP contribution in [0.15, 0.2) is 48.5 Å². The SMILES string of the molecule is CCNC(=O)[C@H](C)N(Cc1cccc(Cl)c1)C(=O)Cc1ccc(C)cc1. The Morgan fingerprint density at radius 3 is 2.42 bits per heavy atom. The van der Waals surface area contributed by atoms with Crippen molar-refractivity contribution in [2.45, 2.75) is 39.8 Å². The molecule has 0 aliphatic heterocycles. The molecule has 0 heterocycles. The number of hydrogen-bond donors (Lipinski definition) is 1. The first kappa shape index (κ1) is 20.0. The van der Waals surface area contributed by atoms with Crippen molar-refractivity contribution in [1.29, 1.82) is 0 Å². The first-order valence-electron chi connectivity index (χ1n) is 8.78. The van der Waals surface area contributed by atoms with Crippen LogP contribution in [0.25, 0.3) is 0 Å². The summed E-state index contributed by atoms with van der Waals surface area (Å²) in [7, 11) is 0. The topological polar surface area (TPSA) is 49.4 Å². The molecule has 5 heteroatoms. The lowest BCUT2D eigenvalue weighted by Gasteiger charge is -2.29. The lowest BCUT2D eigenvalue weighted by Crippen LogP contribution is -2.48. The highest BCUT2D eigenvalue weighted by Crippen LogP contribution is 2.16. The van der Waals surface area contributed by atoms with E-state index >= 15 is 0 Å². The predicted molar refractivity (Wildman–Crippen MR) is 105 cm³/mol. The summed E-state index contributed by atoms with van der Waals surface area (Å²) in [5.41, 5.74) is 2.97. The fourth-order valence-electron chi connectivity index (χ4n) is 2.72. The second kappa shape index (κ2) is 9.39. The van der Waals surface area contributed by atoms with E-state index in [9.17, 15) is 9.59 Å². The number of nitrogens with one attached hydrogen (secondary N) is 1. The maximum absolute atomic E-state index is 12.9. The van der Waals surface area contributed by atoms with Crippen molar-refractivity contribution in [3.63, 3.8) is 0 Å². The summed E-state index contributed by atoms with van der Waals surface area (Å²) in [5, 5.41) is 3.40. The summed E-state index contributed by atoms with van der Waals surface area (Å²) in [6, 6.07) is 14.7. The molecule has 138 valence electrons. The van der Waals surface area contributed by atoms with Gasteiger partial charge in [0.1, 0.15) is 6.04 Å². The van der Waals surface area contributed by atoms with Gasteiger partial charge in [-0.25, -0.2) is 0 Å². The number of likely N-dealkylation sites (N-methyl/N-ethyl adjacent to an activating group) is 1. The van der Waals surface area contributed by atoms with Gasteiger partial charge >= 0.3 is 0 Å². The van der Waals surface area contributed by atoms with E-state index in [1.807, 2.05) is 56.3 Å². The molecule has 2 rings (SSSR count). The highest BCUT2D eigenvalue weighted by molar-refractivity contribution is 6.30. The largest absolute Gasteiger partial charge is 0.355 e. The van der Waals surface area contributed by atoms with Crippen LogP contribution in [0.2, 0.25) is 5.02 Å². The second-order valence-electron chi connectivity index (χ2n) is 6.38. The van der Waals surface area contributed by atoms with Crippen molar-refractivity contribution in [2.75, 3.05) is 6.54 Å². The Morgan fingerprint density at radius 2 is 1.81 bits per heavy atom. The van der Waals surface area contributed by atoms with Crippen molar-refractivity contribution in [3.8, 4) is 0 Å². The zero-order valence-corrected chi connectivity index (χ0v) is 16.2. The smallest absolute Gasteiger partial charge is 0.242 e. The molecular weight excluding hydrogens is 348 g/mol. The number of carbonyl (C=O) groups excluding carboxylic acids is 2. The Morgan fingerprint density at radius 1 is 1.12 bits per heavy atom. The summed E-state index contributed by atoms with van der Waals surface area (Å²) < 4.78 is 0. The Kier molecular flexibility index (Phi) is 7.22. The number of benzene rings is 2. The van der Waals surface area contributed by atoms with E-state index in [2.05, 4.69) is 5.32 Å². The average molecular weight is 373 g/mol. The van der Waals surface area contributed by atoms with E-state index in [0.717, 1.165) is 16.7 Å². The molecule has 0 spiro atoms. The molecule has 0 radical (unpaired) electrons. The monoisotopic (exact) mass is 372 g/mol. The summed E-state index contributed by atoms with van der Waals surface area (Å²) >= 11 is 6.06. The van der Waals surface area contributed by atoms with Gasteiger partial charge in [0.15, 0.2) is 0 Å². The molecule has 0 aliphatic carbocycles. The third-order valence-corrected chi connectivity index (χ3v) is 4.47. The van der Waals surface area contributed by atoms with Gasteiger partial charge in [-0.15, -0.1) is 0 Å². The quantitative estimate of drug-likeness (QED) is 0.804. The van der Waals surface area contributed by atoms with Crippen LogP contribution in [0, 0.1) is 6.92 Å². The predicted octanol–water partition coefficient (Wildman–Crippen LogP) is 3.74. The Labute approximate surface area is 160 Å². The first-order valence-corrected chi connectivity index (χ1v) is 9.15. The molecule has 0 unspecified atom stereocenters. The normalized spacial score (nSPS) is 11.7. The zero-order valence-electron chi connectivity index (χ0n) is 15.5. The van der Waals surface area contributed by atoms with Crippen LogP contribution in [0.1, 0.15) is 30.5 Å². The minimum Gasteiger partial charge on any atom is -0.355 e. The van der Waals surface area contributed by atoms with Gasteiger partial charge in [0.25, 0.3) is 0 Å². The number of amides is 2. The molecule has 1 atom stereocenters. The lowest BCUT2D eigenvalue weighted by molar-refractivity contribution is -0.140. The highest BCUT2D eigenvalue weighted by Gasteiger charge is 2.25. The van der Waals surface area contributed by atoms with Gasteiger partial charge < -0.3 is 10.2 Å². The number of aryl methyl sites for hydroxylation is 1. The van der Waals surface area contributed by atoms with Crippen LogP contribution in [0.4, 0.5) is 0 Å². The third kappa shape index (κ3) is 5.60. The lowest BCUT2D eigenvalue weighted by atomic mass is 10.1. The van der Waals surface area contributed by atoms with Gasteiger partial charge in [0.05, 0.1) is 6.42 Å². The van der Waals surface area contributed by atoms with Crippen molar-refractivity contribution < 1.29 is 9.59 Å². The van der Waals surface area contributed by atoms with Gasteiger partial charge in [-0.3, -0.25) is 9.59 Å². The molecule has 1 N–H and O–H groups in total. The minimum atomic E-state index is -0.563. The molecule has 2 aromatic rings. The average Bonchev–Trinajstić information content (AvgIpc) is 2.61. The van der Waals surface area contributed by atoms with Crippen LogP contribution in [-0.4, -0.2) is 29.3 Å². The molecular formula is C21H25ClN2O2. The number of nitrogens with zero attached hydrogens (tertiary/aromatic N) is 1. The molecule has 0 fully saturated rings. The Bertz CT molecular complexity index is 759.